The largest absolute Gasteiger partial charge is 0.443 e. The van der Waals surface area contributed by atoms with Gasteiger partial charge in [0.05, 0.1) is 12.6 Å². The van der Waals surface area contributed by atoms with Gasteiger partial charge in [-0.15, -0.1) is 0 Å². The first-order valence-electron chi connectivity index (χ1n) is 8.77. The number of hydrogen-bond donors (Lipinski definition) is 1. The van der Waals surface area contributed by atoms with E-state index in [9.17, 15) is 4.79 Å². The zero-order valence-corrected chi connectivity index (χ0v) is 14.8. The number of rotatable bonds is 4. The smallest absolute Gasteiger partial charge is 0.317 e. The molecule has 2 aromatic rings. The molecule has 0 aliphatic carbocycles. The number of benzene rings is 1. The second-order valence-corrected chi connectivity index (χ2v) is 6.61. The fourth-order valence-electron chi connectivity index (χ4n) is 2.93. The Morgan fingerprint density at radius 2 is 2.16 bits per heavy atom. The van der Waals surface area contributed by atoms with Crippen LogP contribution in [0.4, 0.5) is 4.79 Å². The molecule has 1 unspecified atom stereocenters. The average Bonchev–Trinajstić information content (AvgIpc) is 2.95. The molecule has 2 heterocycles. The van der Waals surface area contributed by atoms with Crippen LogP contribution < -0.4 is 5.32 Å². The van der Waals surface area contributed by atoms with E-state index in [0.29, 0.717) is 37.9 Å². The van der Waals surface area contributed by atoms with Crippen LogP contribution >= 0.6 is 0 Å². The third-order valence-corrected chi connectivity index (χ3v) is 4.42. The molecule has 1 aliphatic rings. The van der Waals surface area contributed by atoms with Gasteiger partial charge in [0, 0.05) is 25.3 Å². The molecule has 0 bridgehead atoms. The van der Waals surface area contributed by atoms with E-state index in [-0.39, 0.29) is 12.1 Å². The van der Waals surface area contributed by atoms with Gasteiger partial charge in [-0.05, 0) is 12.3 Å². The molecule has 1 fully saturated rings. The van der Waals surface area contributed by atoms with Crippen molar-refractivity contribution in [2.24, 2.45) is 5.92 Å². The summed E-state index contributed by atoms with van der Waals surface area (Å²) in [5.74, 6) is 1.08. The van der Waals surface area contributed by atoms with E-state index in [0.717, 1.165) is 17.7 Å². The molecule has 3 rings (SSSR count). The minimum Gasteiger partial charge on any atom is -0.443 e. The van der Waals surface area contributed by atoms with Crippen molar-refractivity contribution in [3.05, 3.63) is 42.4 Å². The summed E-state index contributed by atoms with van der Waals surface area (Å²) in [6.45, 7) is 6.60. The highest BCUT2D eigenvalue weighted by Crippen LogP contribution is 2.22. The molecule has 6 nitrogen and oxygen atoms in total. The third-order valence-electron chi connectivity index (χ3n) is 4.42. The monoisotopic (exact) mass is 343 g/mol. The number of carbonyl (C=O) groups excluding carboxylic acids is 1. The van der Waals surface area contributed by atoms with Crippen LogP contribution in [0.1, 0.15) is 26.0 Å². The lowest BCUT2D eigenvalue weighted by Gasteiger charge is -2.26. The highest BCUT2D eigenvalue weighted by Gasteiger charge is 2.24. The molecular weight excluding hydrogens is 318 g/mol. The predicted octanol–water partition coefficient (Wildman–Crippen LogP) is 3.30. The zero-order chi connectivity index (χ0) is 17.6. The van der Waals surface area contributed by atoms with Gasteiger partial charge in [-0.25, -0.2) is 9.78 Å². The lowest BCUT2D eigenvalue weighted by Crippen LogP contribution is -2.44. The van der Waals surface area contributed by atoms with E-state index in [1.807, 2.05) is 35.2 Å². The zero-order valence-electron chi connectivity index (χ0n) is 14.8. The van der Waals surface area contributed by atoms with E-state index >= 15 is 0 Å². The Morgan fingerprint density at radius 3 is 2.92 bits per heavy atom. The van der Waals surface area contributed by atoms with Gasteiger partial charge in [0.25, 0.3) is 0 Å². The Bertz CT molecular complexity index is 684. The first-order valence-corrected chi connectivity index (χ1v) is 8.77. The maximum absolute atomic E-state index is 12.6. The maximum Gasteiger partial charge on any atom is 0.317 e. The average molecular weight is 343 g/mol. The van der Waals surface area contributed by atoms with Crippen molar-refractivity contribution in [2.75, 3.05) is 19.7 Å². The van der Waals surface area contributed by atoms with Crippen LogP contribution in [0, 0.1) is 5.92 Å². The van der Waals surface area contributed by atoms with Gasteiger partial charge >= 0.3 is 6.03 Å². The van der Waals surface area contributed by atoms with Crippen molar-refractivity contribution >= 4 is 6.03 Å². The van der Waals surface area contributed by atoms with Crippen molar-refractivity contribution in [3.8, 4) is 11.3 Å². The molecule has 0 spiro atoms. The van der Waals surface area contributed by atoms with Gasteiger partial charge in [-0.1, -0.05) is 44.2 Å². The fourth-order valence-corrected chi connectivity index (χ4v) is 2.93. The summed E-state index contributed by atoms with van der Waals surface area (Å²) in [5, 5.41) is 2.96. The Kier molecular flexibility index (Phi) is 5.71. The minimum absolute atomic E-state index is 0.0835. The van der Waals surface area contributed by atoms with Gasteiger partial charge < -0.3 is 19.4 Å². The number of carbonyl (C=O) groups is 1. The van der Waals surface area contributed by atoms with Crippen LogP contribution in [0.3, 0.4) is 0 Å². The predicted molar refractivity (Wildman–Crippen MR) is 94.9 cm³/mol. The molecule has 25 heavy (non-hydrogen) atoms. The van der Waals surface area contributed by atoms with Crippen molar-refractivity contribution in [3.63, 3.8) is 0 Å². The summed E-state index contributed by atoms with van der Waals surface area (Å²) in [6, 6.07) is 9.69. The molecule has 1 aromatic heterocycles. The molecule has 1 aliphatic heterocycles. The number of nitrogens with one attached hydrogen (secondary N) is 1. The van der Waals surface area contributed by atoms with E-state index in [2.05, 4.69) is 24.1 Å². The molecular formula is C19H25N3O3. The van der Waals surface area contributed by atoms with Crippen molar-refractivity contribution in [1.82, 2.24) is 15.2 Å². The van der Waals surface area contributed by atoms with Crippen LogP contribution in [-0.4, -0.2) is 41.7 Å². The van der Waals surface area contributed by atoms with Crippen molar-refractivity contribution in [1.29, 1.82) is 0 Å². The minimum atomic E-state index is -0.0850. The Hall–Kier alpha value is -2.34. The number of hydrogen-bond acceptors (Lipinski definition) is 4. The molecule has 1 aromatic carbocycles. The van der Waals surface area contributed by atoms with Crippen LogP contribution in [0.25, 0.3) is 11.3 Å². The Balaban J connectivity index is 1.62. The number of ether oxygens (including phenoxy) is 1. The van der Waals surface area contributed by atoms with E-state index in [4.69, 9.17) is 9.15 Å². The summed E-state index contributed by atoms with van der Waals surface area (Å²) in [5.41, 5.74) is 1.68. The van der Waals surface area contributed by atoms with Crippen LogP contribution in [0.2, 0.25) is 0 Å². The first-order chi connectivity index (χ1) is 12.1. The number of nitrogens with zero attached hydrogens (tertiary/aromatic N) is 2. The topological polar surface area (TPSA) is 67.6 Å². The van der Waals surface area contributed by atoms with E-state index < -0.39 is 0 Å². The standard InChI is InChI=1S/C19H25N3O3/c1-14(2)17-12-22(9-6-10-24-17)19(23)20-11-16-18(25-13-21-16)15-7-4-3-5-8-15/h3-5,7-8,13-14,17H,6,9-12H2,1-2H3,(H,20,23). The summed E-state index contributed by atoms with van der Waals surface area (Å²) >= 11 is 0. The van der Waals surface area contributed by atoms with Crippen molar-refractivity contribution < 1.29 is 13.9 Å². The van der Waals surface area contributed by atoms with Crippen molar-refractivity contribution in [2.45, 2.75) is 32.9 Å². The second-order valence-electron chi connectivity index (χ2n) is 6.61. The normalized spacial score (nSPS) is 18.2. The number of amides is 2. The fraction of sp³-hybridized carbons (Fsp3) is 0.474. The molecule has 1 atom stereocenters. The molecule has 0 saturated carbocycles. The molecule has 1 saturated heterocycles. The third kappa shape index (κ3) is 4.39. The molecule has 0 radical (unpaired) electrons. The van der Waals surface area contributed by atoms with Gasteiger partial charge in [-0.3, -0.25) is 0 Å². The number of aromatic nitrogens is 1. The summed E-state index contributed by atoms with van der Waals surface area (Å²) < 4.78 is 11.3. The Morgan fingerprint density at radius 1 is 1.36 bits per heavy atom. The number of urea groups is 1. The first kappa shape index (κ1) is 17.5. The summed E-state index contributed by atoms with van der Waals surface area (Å²) in [4.78, 5) is 18.6. The highest BCUT2D eigenvalue weighted by atomic mass is 16.5. The van der Waals surface area contributed by atoms with Gasteiger partial charge in [0.1, 0.15) is 5.69 Å². The van der Waals surface area contributed by atoms with Crippen LogP contribution in [0.5, 0.6) is 0 Å². The highest BCUT2D eigenvalue weighted by molar-refractivity contribution is 5.74. The molecule has 2 amide bonds. The molecule has 134 valence electrons. The van der Waals surface area contributed by atoms with Gasteiger partial charge in [0.15, 0.2) is 12.2 Å². The Labute approximate surface area is 148 Å². The second kappa shape index (κ2) is 8.16. The molecule has 1 N–H and O–H groups in total. The lowest BCUT2D eigenvalue weighted by atomic mass is 10.1. The lowest BCUT2D eigenvalue weighted by molar-refractivity contribution is 0.0267. The molecule has 6 heteroatoms. The number of oxazole rings is 1. The summed E-state index contributed by atoms with van der Waals surface area (Å²) in [7, 11) is 0. The van der Waals surface area contributed by atoms with E-state index in [1.165, 1.54) is 6.39 Å². The van der Waals surface area contributed by atoms with Gasteiger partial charge in [0.2, 0.25) is 0 Å². The SMILES string of the molecule is CC(C)C1CN(C(=O)NCc2ncoc2-c2ccccc2)CCCO1. The summed E-state index contributed by atoms with van der Waals surface area (Å²) in [6.07, 6.45) is 2.36. The van der Waals surface area contributed by atoms with Gasteiger partial charge in [-0.2, -0.15) is 0 Å². The van der Waals surface area contributed by atoms with Crippen LogP contribution in [0.15, 0.2) is 41.1 Å². The quantitative estimate of drug-likeness (QED) is 0.925. The van der Waals surface area contributed by atoms with Crippen LogP contribution in [-0.2, 0) is 11.3 Å². The maximum atomic E-state index is 12.6. The van der Waals surface area contributed by atoms with E-state index in [1.54, 1.807) is 0 Å².